The highest BCUT2D eigenvalue weighted by Gasteiger charge is 2.51. The molecule has 68 valence electrons. The van der Waals surface area contributed by atoms with Crippen LogP contribution >= 0.6 is 0 Å². The molecule has 3 fully saturated rings. The zero-order valence-electron chi connectivity index (χ0n) is 8.00. The molecule has 1 saturated carbocycles. The van der Waals surface area contributed by atoms with Gasteiger partial charge in [-0.2, -0.15) is 0 Å². The fourth-order valence-electron chi connectivity index (χ4n) is 4.17. The van der Waals surface area contributed by atoms with E-state index in [1.807, 2.05) is 0 Å². The molecule has 2 aliphatic heterocycles. The lowest BCUT2D eigenvalue weighted by Gasteiger charge is -2.33. The normalized spacial score (nSPS) is 52.8. The molecule has 3 rings (SSSR count). The molecule has 0 aromatic rings. The molecule has 1 aliphatic carbocycles. The van der Waals surface area contributed by atoms with Gasteiger partial charge in [-0.3, -0.25) is 4.90 Å². The second kappa shape index (κ2) is 2.47. The lowest BCUT2D eigenvalue weighted by molar-refractivity contribution is 0.208. The molecule has 0 N–H and O–H groups in total. The van der Waals surface area contributed by atoms with Crippen molar-refractivity contribution < 1.29 is 0 Å². The molecule has 2 saturated heterocycles. The van der Waals surface area contributed by atoms with Crippen LogP contribution in [0.25, 0.3) is 0 Å². The Morgan fingerprint density at radius 1 is 0.833 bits per heavy atom. The van der Waals surface area contributed by atoms with Crippen molar-refractivity contribution >= 4 is 0 Å². The van der Waals surface area contributed by atoms with E-state index in [2.05, 4.69) is 11.9 Å². The molecule has 0 aromatic carbocycles. The van der Waals surface area contributed by atoms with Crippen LogP contribution in [0.5, 0.6) is 0 Å². The van der Waals surface area contributed by atoms with Crippen molar-refractivity contribution in [2.75, 3.05) is 7.05 Å². The Bertz CT molecular complexity index is 169. The lowest BCUT2D eigenvalue weighted by Crippen LogP contribution is -2.29. The minimum Gasteiger partial charge on any atom is -0.300 e. The molecule has 0 amide bonds. The number of fused-ring (bicyclic) bond motifs is 5. The summed E-state index contributed by atoms with van der Waals surface area (Å²) in [4.78, 5) is 2.70. The molecular weight excluding hydrogens is 146 g/mol. The number of hydrogen-bond donors (Lipinski definition) is 0. The van der Waals surface area contributed by atoms with Crippen LogP contribution in [0.4, 0.5) is 0 Å². The van der Waals surface area contributed by atoms with E-state index in [1.54, 1.807) is 0 Å². The predicted octanol–water partition coefficient (Wildman–Crippen LogP) is 2.27. The van der Waals surface area contributed by atoms with E-state index in [4.69, 9.17) is 0 Å². The van der Waals surface area contributed by atoms with Gasteiger partial charge in [0.2, 0.25) is 0 Å². The van der Waals surface area contributed by atoms with Crippen molar-refractivity contribution in [3.05, 3.63) is 0 Å². The highest BCUT2D eigenvalue weighted by Crippen LogP contribution is 2.50. The maximum absolute atomic E-state index is 2.70. The average molecular weight is 165 g/mol. The van der Waals surface area contributed by atoms with E-state index in [-0.39, 0.29) is 0 Å². The van der Waals surface area contributed by atoms with Crippen LogP contribution in [0.15, 0.2) is 0 Å². The van der Waals surface area contributed by atoms with Crippen LogP contribution in [-0.4, -0.2) is 24.0 Å². The van der Waals surface area contributed by atoms with Crippen LogP contribution in [0.3, 0.4) is 0 Å². The van der Waals surface area contributed by atoms with E-state index in [0.29, 0.717) is 0 Å². The van der Waals surface area contributed by atoms with Crippen molar-refractivity contribution in [2.45, 2.75) is 50.6 Å². The van der Waals surface area contributed by atoms with Crippen LogP contribution in [0.2, 0.25) is 0 Å². The monoisotopic (exact) mass is 165 g/mol. The molecule has 12 heavy (non-hydrogen) atoms. The van der Waals surface area contributed by atoms with E-state index >= 15 is 0 Å². The summed E-state index contributed by atoms with van der Waals surface area (Å²) in [5, 5.41) is 0. The molecule has 0 aromatic heterocycles. The van der Waals surface area contributed by atoms with Gasteiger partial charge < -0.3 is 0 Å². The molecule has 0 spiro atoms. The topological polar surface area (TPSA) is 3.24 Å². The molecule has 1 heteroatoms. The van der Waals surface area contributed by atoms with Gasteiger partial charge >= 0.3 is 0 Å². The van der Waals surface area contributed by atoms with Crippen LogP contribution in [0, 0.1) is 11.8 Å². The second-order valence-corrected chi connectivity index (χ2v) is 4.99. The Hall–Kier alpha value is -0.0400. The maximum Gasteiger partial charge on any atom is 0.0127 e. The van der Waals surface area contributed by atoms with Gasteiger partial charge in [-0.15, -0.1) is 0 Å². The van der Waals surface area contributed by atoms with Gasteiger partial charge in [0.1, 0.15) is 0 Å². The van der Waals surface area contributed by atoms with Gasteiger partial charge in [0.15, 0.2) is 0 Å². The number of hydrogen-bond acceptors (Lipinski definition) is 1. The highest BCUT2D eigenvalue weighted by molar-refractivity contribution is 5.04. The van der Waals surface area contributed by atoms with Crippen LogP contribution < -0.4 is 0 Å². The van der Waals surface area contributed by atoms with Crippen molar-refractivity contribution in [3.8, 4) is 0 Å². The smallest absolute Gasteiger partial charge is 0.0127 e. The van der Waals surface area contributed by atoms with Gasteiger partial charge in [-0.05, 0) is 44.6 Å². The van der Waals surface area contributed by atoms with E-state index in [1.165, 1.54) is 38.5 Å². The van der Waals surface area contributed by atoms with Crippen molar-refractivity contribution in [1.29, 1.82) is 0 Å². The summed E-state index contributed by atoms with van der Waals surface area (Å²) < 4.78 is 0. The zero-order valence-corrected chi connectivity index (χ0v) is 8.00. The quantitative estimate of drug-likeness (QED) is 0.532. The standard InChI is InChI=1S/C11H19N/c1-12-10-6-7-11(12)9-5-3-2-4-8(9)10/h8-11H,2-7H2,1H3. The summed E-state index contributed by atoms with van der Waals surface area (Å²) in [6.07, 6.45) is 9.10. The summed E-state index contributed by atoms with van der Waals surface area (Å²) in [5.41, 5.74) is 0. The fraction of sp³-hybridized carbons (Fsp3) is 1.00. The molecule has 3 aliphatic rings. The van der Waals surface area contributed by atoms with Gasteiger partial charge in [-0.1, -0.05) is 12.8 Å². The Morgan fingerprint density at radius 2 is 1.33 bits per heavy atom. The first kappa shape index (κ1) is 7.37. The minimum atomic E-state index is 0.986. The Kier molecular flexibility index (Phi) is 1.52. The van der Waals surface area contributed by atoms with Gasteiger partial charge in [-0.25, -0.2) is 0 Å². The fourth-order valence-corrected chi connectivity index (χ4v) is 4.17. The summed E-state index contributed by atoms with van der Waals surface area (Å²) in [7, 11) is 2.36. The lowest BCUT2D eigenvalue weighted by atomic mass is 9.71. The Labute approximate surface area is 75.1 Å². The summed E-state index contributed by atoms with van der Waals surface area (Å²) in [6.45, 7) is 0. The van der Waals surface area contributed by atoms with Gasteiger partial charge in [0, 0.05) is 12.1 Å². The van der Waals surface area contributed by atoms with Crippen molar-refractivity contribution in [2.24, 2.45) is 11.8 Å². The summed E-state index contributed by atoms with van der Waals surface area (Å²) >= 11 is 0. The van der Waals surface area contributed by atoms with Gasteiger partial charge in [0.05, 0.1) is 0 Å². The third kappa shape index (κ3) is 0.783. The van der Waals surface area contributed by atoms with Crippen LogP contribution in [0.1, 0.15) is 38.5 Å². The number of rotatable bonds is 0. The first-order valence-electron chi connectivity index (χ1n) is 5.60. The number of nitrogens with zero attached hydrogens (tertiary/aromatic N) is 1. The molecule has 1 nitrogen and oxygen atoms in total. The first-order valence-corrected chi connectivity index (χ1v) is 5.60. The molecule has 4 atom stereocenters. The van der Waals surface area contributed by atoms with Crippen LogP contribution in [-0.2, 0) is 0 Å². The average Bonchev–Trinajstić information content (AvgIpc) is 2.61. The van der Waals surface area contributed by atoms with Crippen molar-refractivity contribution in [1.82, 2.24) is 4.90 Å². The van der Waals surface area contributed by atoms with E-state index in [0.717, 1.165) is 23.9 Å². The van der Waals surface area contributed by atoms with Crippen molar-refractivity contribution in [3.63, 3.8) is 0 Å². The Morgan fingerprint density at radius 3 is 1.83 bits per heavy atom. The van der Waals surface area contributed by atoms with E-state index in [9.17, 15) is 0 Å². The third-order valence-electron chi connectivity index (χ3n) is 4.67. The molecule has 2 bridgehead atoms. The molecule has 2 heterocycles. The minimum absolute atomic E-state index is 0.986. The first-order chi connectivity index (χ1) is 5.88. The SMILES string of the molecule is CN1C2CCC1C1CCCCC12. The third-order valence-corrected chi connectivity index (χ3v) is 4.67. The maximum atomic E-state index is 2.70. The highest BCUT2D eigenvalue weighted by atomic mass is 15.2. The summed E-state index contributed by atoms with van der Waals surface area (Å²) in [5.74, 6) is 2.20. The van der Waals surface area contributed by atoms with Gasteiger partial charge in [0.25, 0.3) is 0 Å². The molecule has 4 unspecified atom stereocenters. The predicted molar refractivity (Wildman–Crippen MR) is 50.0 cm³/mol. The van der Waals surface area contributed by atoms with E-state index < -0.39 is 0 Å². The summed E-state index contributed by atoms with van der Waals surface area (Å²) in [6, 6.07) is 1.97. The zero-order chi connectivity index (χ0) is 8.13. The molecule has 0 radical (unpaired) electrons. The largest absolute Gasteiger partial charge is 0.300 e. The Balaban J connectivity index is 1.88. The second-order valence-electron chi connectivity index (χ2n) is 4.99. The molecular formula is C11H19N.